The van der Waals surface area contributed by atoms with Crippen molar-refractivity contribution < 1.29 is 8.42 Å². The highest BCUT2D eigenvalue weighted by molar-refractivity contribution is 7.88. The molecule has 0 amide bonds. The van der Waals surface area contributed by atoms with Crippen LogP contribution >= 0.6 is 0 Å². The minimum absolute atomic E-state index is 0.141. The molecule has 23 heavy (non-hydrogen) atoms. The van der Waals surface area contributed by atoms with Crippen molar-refractivity contribution in [2.24, 2.45) is 0 Å². The lowest BCUT2D eigenvalue weighted by molar-refractivity contribution is 0.468. The Bertz CT molecular complexity index is 873. The SMILES string of the molecule is CS(=O)(=O)NC1CCCN(c2c(C#N)cnc3ccccc23)C1. The van der Waals surface area contributed by atoms with Crippen LogP contribution in [0.5, 0.6) is 0 Å². The molecular weight excluding hydrogens is 312 g/mol. The van der Waals surface area contributed by atoms with E-state index in [9.17, 15) is 13.7 Å². The van der Waals surface area contributed by atoms with Crippen LogP contribution in [-0.2, 0) is 10.0 Å². The van der Waals surface area contributed by atoms with E-state index < -0.39 is 10.0 Å². The molecule has 120 valence electrons. The van der Waals surface area contributed by atoms with E-state index in [0.29, 0.717) is 12.1 Å². The van der Waals surface area contributed by atoms with Crippen LogP contribution < -0.4 is 9.62 Å². The van der Waals surface area contributed by atoms with Gasteiger partial charge < -0.3 is 4.90 Å². The van der Waals surface area contributed by atoms with Gasteiger partial charge in [-0.05, 0) is 18.9 Å². The van der Waals surface area contributed by atoms with Crippen molar-refractivity contribution in [2.45, 2.75) is 18.9 Å². The Balaban J connectivity index is 2.00. The van der Waals surface area contributed by atoms with Gasteiger partial charge in [-0.3, -0.25) is 4.98 Å². The highest BCUT2D eigenvalue weighted by Gasteiger charge is 2.25. The van der Waals surface area contributed by atoms with Crippen LogP contribution in [0.1, 0.15) is 18.4 Å². The maximum Gasteiger partial charge on any atom is 0.209 e. The summed E-state index contributed by atoms with van der Waals surface area (Å²) in [6.07, 6.45) is 4.43. The molecule has 1 atom stereocenters. The summed E-state index contributed by atoms with van der Waals surface area (Å²) in [6, 6.07) is 9.76. The lowest BCUT2D eigenvalue weighted by Gasteiger charge is -2.35. The Morgan fingerprint density at radius 1 is 1.39 bits per heavy atom. The van der Waals surface area contributed by atoms with Crippen molar-refractivity contribution >= 4 is 26.6 Å². The van der Waals surface area contributed by atoms with E-state index in [1.165, 1.54) is 6.26 Å². The molecule has 1 aromatic heterocycles. The normalized spacial score (nSPS) is 18.8. The summed E-state index contributed by atoms with van der Waals surface area (Å²) < 4.78 is 25.6. The molecule has 0 bridgehead atoms. The molecule has 0 radical (unpaired) electrons. The van der Waals surface area contributed by atoms with Gasteiger partial charge in [0, 0.05) is 30.7 Å². The fraction of sp³-hybridized carbons (Fsp3) is 0.375. The molecule has 1 unspecified atom stereocenters. The van der Waals surface area contributed by atoms with E-state index in [1.807, 2.05) is 24.3 Å². The third-order valence-corrected chi connectivity index (χ3v) is 4.75. The molecule has 7 heteroatoms. The molecule has 1 fully saturated rings. The number of pyridine rings is 1. The summed E-state index contributed by atoms with van der Waals surface area (Å²) in [5, 5.41) is 10.4. The van der Waals surface area contributed by atoms with Crippen LogP contribution in [0.25, 0.3) is 10.9 Å². The van der Waals surface area contributed by atoms with Gasteiger partial charge in [0.2, 0.25) is 10.0 Å². The van der Waals surface area contributed by atoms with Gasteiger partial charge in [-0.2, -0.15) is 5.26 Å². The lowest BCUT2D eigenvalue weighted by Crippen LogP contribution is -2.47. The second kappa shape index (κ2) is 6.14. The Hall–Kier alpha value is -2.17. The maximum absolute atomic E-state index is 11.5. The fourth-order valence-electron chi connectivity index (χ4n) is 3.13. The first-order valence-electron chi connectivity index (χ1n) is 7.48. The van der Waals surface area contributed by atoms with Crippen LogP contribution in [0.3, 0.4) is 0 Å². The molecule has 1 aromatic carbocycles. The number of benzene rings is 1. The summed E-state index contributed by atoms with van der Waals surface area (Å²) >= 11 is 0. The van der Waals surface area contributed by atoms with Crippen molar-refractivity contribution in [1.82, 2.24) is 9.71 Å². The van der Waals surface area contributed by atoms with Gasteiger partial charge in [-0.25, -0.2) is 13.1 Å². The molecule has 3 rings (SSSR count). The number of rotatable bonds is 3. The van der Waals surface area contributed by atoms with Crippen LogP contribution in [0.4, 0.5) is 5.69 Å². The number of hydrogen-bond donors (Lipinski definition) is 1. The highest BCUT2D eigenvalue weighted by Crippen LogP contribution is 2.31. The van der Waals surface area contributed by atoms with Crippen LogP contribution in [0, 0.1) is 11.3 Å². The fourth-order valence-corrected chi connectivity index (χ4v) is 3.93. The molecule has 1 N–H and O–H groups in total. The number of nitrogens with zero attached hydrogens (tertiary/aromatic N) is 3. The van der Waals surface area contributed by atoms with Crippen molar-refractivity contribution in [3.05, 3.63) is 36.0 Å². The van der Waals surface area contributed by atoms with Crippen LogP contribution in [0.15, 0.2) is 30.5 Å². The molecule has 6 nitrogen and oxygen atoms in total. The quantitative estimate of drug-likeness (QED) is 0.924. The standard InChI is InChI=1S/C16H18N4O2S/c1-23(21,22)19-13-5-4-8-20(11-13)16-12(9-17)10-18-15-7-3-2-6-14(15)16/h2-3,6-7,10,13,19H,4-5,8,11H2,1H3. The molecule has 1 aliphatic rings. The zero-order valence-electron chi connectivity index (χ0n) is 12.9. The summed E-state index contributed by atoms with van der Waals surface area (Å²) in [5.41, 5.74) is 2.20. The monoisotopic (exact) mass is 330 g/mol. The van der Waals surface area contributed by atoms with Gasteiger partial charge in [0.05, 0.1) is 23.0 Å². The number of piperidine rings is 1. The average Bonchev–Trinajstić information content (AvgIpc) is 2.52. The van der Waals surface area contributed by atoms with Gasteiger partial charge in [-0.15, -0.1) is 0 Å². The summed E-state index contributed by atoms with van der Waals surface area (Å²) in [5.74, 6) is 0. The third-order valence-electron chi connectivity index (χ3n) is 3.99. The molecule has 1 aliphatic heterocycles. The number of sulfonamides is 1. The van der Waals surface area contributed by atoms with Crippen molar-refractivity contribution in [2.75, 3.05) is 24.2 Å². The number of anilines is 1. The number of para-hydroxylation sites is 1. The Morgan fingerprint density at radius 3 is 2.91 bits per heavy atom. The molecular formula is C16H18N4O2S. The lowest BCUT2D eigenvalue weighted by atomic mass is 10.0. The van der Waals surface area contributed by atoms with Crippen LogP contribution in [-0.4, -0.2) is 38.8 Å². The minimum Gasteiger partial charge on any atom is -0.368 e. The van der Waals surface area contributed by atoms with E-state index >= 15 is 0 Å². The molecule has 1 saturated heterocycles. The van der Waals surface area contributed by atoms with Crippen molar-refractivity contribution in [1.29, 1.82) is 5.26 Å². The summed E-state index contributed by atoms with van der Waals surface area (Å²) in [4.78, 5) is 6.42. The first-order valence-corrected chi connectivity index (χ1v) is 9.37. The van der Waals surface area contributed by atoms with E-state index in [0.717, 1.165) is 36.0 Å². The van der Waals surface area contributed by atoms with Gasteiger partial charge >= 0.3 is 0 Å². The highest BCUT2D eigenvalue weighted by atomic mass is 32.2. The maximum atomic E-state index is 11.5. The van der Waals surface area contributed by atoms with E-state index in [-0.39, 0.29) is 6.04 Å². The molecule has 2 heterocycles. The van der Waals surface area contributed by atoms with Crippen LogP contribution in [0.2, 0.25) is 0 Å². The predicted molar refractivity (Wildman–Crippen MR) is 89.7 cm³/mol. The number of hydrogen-bond acceptors (Lipinski definition) is 5. The van der Waals surface area contributed by atoms with Crippen molar-refractivity contribution in [3.8, 4) is 6.07 Å². The average molecular weight is 330 g/mol. The Kier molecular flexibility index (Phi) is 4.20. The van der Waals surface area contributed by atoms with Crippen molar-refractivity contribution in [3.63, 3.8) is 0 Å². The minimum atomic E-state index is -3.24. The number of fused-ring (bicyclic) bond motifs is 1. The molecule has 2 aromatic rings. The number of nitriles is 1. The van der Waals surface area contributed by atoms with E-state index in [4.69, 9.17) is 0 Å². The molecule has 0 saturated carbocycles. The zero-order chi connectivity index (χ0) is 16.4. The van der Waals surface area contributed by atoms with Gasteiger partial charge in [0.25, 0.3) is 0 Å². The first kappa shape index (κ1) is 15.7. The summed E-state index contributed by atoms with van der Waals surface area (Å²) in [7, 11) is -3.24. The van der Waals surface area contributed by atoms with Gasteiger partial charge in [-0.1, -0.05) is 18.2 Å². The smallest absolute Gasteiger partial charge is 0.209 e. The third kappa shape index (κ3) is 3.44. The molecule has 0 aliphatic carbocycles. The largest absolute Gasteiger partial charge is 0.368 e. The summed E-state index contributed by atoms with van der Waals surface area (Å²) in [6.45, 7) is 1.35. The van der Waals surface area contributed by atoms with Gasteiger partial charge in [0.1, 0.15) is 6.07 Å². The first-order chi connectivity index (χ1) is 11.0. The second-order valence-corrected chi connectivity index (χ2v) is 7.60. The Labute approximate surface area is 135 Å². The Morgan fingerprint density at radius 2 is 2.17 bits per heavy atom. The predicted octanol–water partition coefficient (Wildman–Crippen LogP) is 1.62. The molecule has 0 spiro atoms. The second-order valence-electron chi connectivity index (χ2n) is 5.82. The number of nitrogens with one attached hydrogen (secondary N) is 1. The van der Waals surface area contributed by atoms with E-state index in [2.05, 4.69) is 20.7 Å². The van der Waals surface area contributed by atoms with E-state index in [1.54, 1.807) is 6.20 Å². The number of aromatic nitrogens is 1. The van der Waals surface area contributed by atoms with Gasteiger partial charge in [0.15, 0.2) is 0 Å². The topological polar surface area (TPSA) is 86.1 Å². The zero-order valence-corrected chi connectivity index (χ0v) is 13.7.